The Morgan fingerprint density at radius 1 is 1.61 bits per heavy atom. The highest BCUT2D eigenvalue weighted by Gasteiger charge is 2.10. The molecule has 18 heavy (non-hydrogen) atoms. The molecule has 0 saturated carbocycles. The highest BCUT2D eigenvalue weighted by atomic mass is 127. The van der Waals surface area contributed by atoms with Gasteiger partial charge in [-0.3, -0.25) is 14.2 Å². The van der Waals surface area contributed by atoms with Gasteiger partial charge in [-0.15, -0.1) is 0 Å². The van der Waals surface area contributed by atoms with E-state index in [-0.39, 0.29) is 24.1 Å². The quantitative estimate of drug-likeness (QED) is 0.806. The van der Waals surface area contributed by atoms with Gasteiger partial charge in [0.05, 0.1) is 15.6 Å². The molecule has 1 amide bonds. The van der Waals surface area contributed by atoms with Gasteiger partial charge < -0.3 is 5.32 Å². The van der Waals surface area contributed by atoms with Crippen molar-refractivity contribution < 1.29 is 4.79 Å². The average molecular weight is 363 g/mol. The van der Waals surface area contributed by atoms with Crippen molar-refractivity contribution in [1.82, 2.24) is 14.9 Å². The van der Waals surface area contributed by atoms with E-state index in [1.807, 2.05) is 29.5 Å². The molecule has 0 saturated heterocycles. The van der Waals surface area contributed by atoms with Crippen LogP contribution in [0.5, 0.6) is 0 Å². The Kier molecular flexibility index (Phi) is 5.77. The summed E-state index contributed by atoms with van der Waals surface area (Å²) in [6.07, 6.45) is 3.37. The molecule has 6 heteroatoms. The van der Waals surface area contributed by atoms with Crippen molar-refractivity contribution in [2.45, 2.75) is 46.2 Å². The van der Waals surface area contributed by atoms with Crippen molar-refractivity contribution >= 4 is 28.5 Å². The van der Waals surface area contributed by atoms with Crippen LogP contribution in [0.4, 0.5) is 0 Å². The predicted octanol–water partition coefficient (Wildman–Crippen LogP) is 1.46. The molecule has 1 aromatic rings. The molecule has 0 aliphatic carbocycles. The van der Waals surface area contributed by atoms with Gasteiger partial charge in [-0.25, -0.2) is 4.98 Å². The standard InChI is InChI=1S/C12H18IN3O2/c1-4-5-8(2)15-10(17)6-16-7-14-9(3)11(13)12(16)18/h7-8H,4-6H2,1-3H3,(H,15,17). The zero-order valence-electron chi connectivity index (χ0n) is 10.9. The molecule has 0 radical (unpaired) electrons. The first-order valence-electron chi connectivity index (χ1n) is 5.96. The van der Waals surface area contributed by atoms with Gasteiger partial charge in [0.2, 0.25) is 5.91 Å². The molecule has 1 atom stereocenters. The van der Waals surface area contributed by atoms with E-state index in [1.165, 1.54) is 10.9 Å². The zero-order valence-corrected chi connectivity index (χ0v) is 13.0. The topological polar surface area (TPSA) is 64.0 Å². The molecule has 5 nitrogen and oxygen atoms in total. The monoisotopic (exact) mass is 363 g/mol. The molecule has 0 fully saturated rings. The number of nitrogens with zero attached hydrogens (tertiary/aromatic N) is 2. The lowest BCUT2D eigenvalue weighted by Gasteiger charge is -2.13. The van der Waals surface area contributed by atoms with Crippen molar-refractivity contribution in [2.24, 2.45) is 0 Å². The number of carbonyl (C=O) groups is 1. The normalized spacial score (nSPS) is 12.2. The van der Waals surface area contributed by atoms with Crippen molar-refractivity contribution in [2.75, 3.05) is 0 Å². The third-order valence-corrected chi connectivity index (χ3v) is 3.84. The maximum absolute atomic E-state index is 11.9. The lowest BCUT2D eigenvalue weighted by molar-refractivity contribution is -0.122. The minimum atomic E-state index is -0.165. The Hall–Kier alpha value is -0.920. The lowest BCUT2D eigenvalue weighted by Crippen LogP contribution is -2.38. The first-order valence-corrected chi connectivity index (χ1v) is 7.04. The Bertz CT molecular complexity index is 485. The number of hydrogen-bond acceptors (Lipinski definition) is 3. The van der Waals surface area contributed by atoms with Gasteiger partial charge in [0.25, 0.3) is 5.56 Å². The number of carbonyl (C=O) groups excluding carboxylic acids is 1. The van der Waals surface area contributed by atoms with Crippen LogP contribution in [0.2, 0.25) is 0 Å². The number of aromatic nitrogens is 2. The van der Waals surface area contributed by atoms with Crippen LogP contribution in [0, 0.1) is 10.5 Å². The van der Waals surface area contributed by atoms with Crippen LogP contribution in [-0.2, 0) is 11.3 Å². The second-order valence-electron chi connectivity index (χ2n) is 4.33. The second-order valence-corrected chi connectivity index (χ2v) is 5.41. The smallest absolute Gasteiger partial charge is 0.267 e. The van der Waals surface area contributed by atoms with Gasteiger partial charge in [-0.2, -0.15) is 0 Å². The Morgan fingerprint density at radius 3 is 2.89 bits per heavy atom. The SMILES string of the molecule is CCCC(C)NC(=O)Cn1cnc(C)c(I)c1=O. The molecule has 0 aliphatic heterocycles. The van der Waals surface area contributed by atoms with Crippen molar-refractivity contribution in [3.05, 3.63) is 25.9 Å². The van der Waals surface area contributed by atoms with Gasteiger partial charge in [0.1, 0.15) is 6.54 Å². The van der Waals surface area contributed by atoms with E-state index in [2.05, 4.69) is 17.2 Å². The fourth-order valence-electron chi connectivity index (χ4n) is 1.64. The van der Waals surface area contributed by atoms with Crippen LogP contribution in [-0.4, -0.2) is 21.5 Å². The summed E-state index contributed by atoms with van der Waals surface area (Å²) in [5.74, 6) is -0.153. The third kappa shape index (κ3) is 4.08. The van der Waals surface area contributed by atoms with Crippen LogP contribution in [0.25, 0.3) is 0 Å². The summed E-state index contributed by atoms with van der Waals surface area (Å²) in [4.78, 5) is 27.7. The molecule has 1 heterocycles. The van der Waals surface area contributed by atoms with E-state index in [0.717, 1.165) is 12.8 Å². The Morgan fingerprint density at radius 2 is 2.28 bits per heavy atom. The van der Waals surface area contributed by atoms with E-state index in [9.17, 15) is 9.59 Å². The lowest BCUT2D eigenvalue weighted by atomic mass is 10.2. The zero-order chi connectivity index (χ0) is 13.7. The minimum absolute atomic E-state index is 0.0240. The highest BCUT2D eigenvalue weighted by Crippen LogP contribution is 2.01. The van der Waals surface area contributed by atoms with Gasteiger partial charge in [0, 0.05) is 6.04 Å². The summed E-state index contributed by atoms with van der Waals surface area (Å²) < 4.78 is 1.90. The van der Waals surface area contributed by atoms with Gasteiger partial charge >= 0.3 is 0 Å². The number of nitrogens with one attached hydrogen (secondary N) is 1. The number of amides is 1. The molecular formula is C12H18IN3O2. The molecular weight excluding hydrogens is 345 g/mol. The summed E-state index contributed by atoms with van der Waals surface area (Å²) in [7, 11) is 0. The van der Waals surface area contributed by atoms with Crippen LogP contribution >= 0.6 is 22.6 Å². The largest absolute Gasteiger partial charge is 0.352 e. The van der Waals surface area contributed by atoms with E-state index in [1.54, 1.807) is 6.92 Å². The van der Waals surface area contributed by atoms with Crippen molar-refractivity contribution in [1.29, 1.82) is 0 Å². The van der Waals surface area contributed by atoms with E-state index < -0.39 is 0 Å². The van der Waals surface area contributed by atoms with Crippen LogP contribution in [0.15, 0.2) is 11.1 Å². The summed E-state index contributed by atoms with van der Waals surface area (Å²) in [5.41, 5.74) is 0.526. The van der Waals surface area contributed by atoms with Gasteiger partial charge in [-0.05, 0) is 42.9 Å². The second kappa shape index (κ2) is 6.86. The predicted molar refractivity (Wildman–Crippen MR) is 78.5 cm³/mol. The van der Waals surface area contributed by atoms with Crippen LogP contribution in [0.3, 0.4) is 0 Å². The first-order chi connectivity index (χ1) is 8.45. The third-order valence-electron chi connectivity index (χ3n) is 2.60. The highest BCUT2D eigenvalue weighted by molar-refractivity contribution is 14.1. The number of hydrogen-bond donors (Lipinski definition) is 1. The fourth-order valence-corrected chi connectivity index (χ4v) is 2.09. The summed E-state index contributed by atoms with van der Waals surface area (Å²) >= 11 is 1.95. The fraction of sp³-hybridized carbons (Fsp3) is 0.583. The number of rotatable bonds is 5. The summed E-state index contributed by atoms with van der Waals surface area (Å²) in [6.45, 7) is 5.83. The first kappa shape index (κ1) is 15.1. The molecule has 0 aliphatic rings. The molecule has 0 aromatic carbocycles. The number of aryl methyl sites for hydroxylation is 1. The Labute approximate surface area is 120 Å². The van der Waals surface area contributed by atoms with Crippen LogP contribution in [0.1, 0.15) is 32.4 Å². The van der Waals surface area contributed by atoms with E-state index in [4.69, 9.17) is 0 Å². The maximum Gasteiger partial charge on any atom is 0.267 e. The molecule has 0 bridgehead atoms. The van der Waals surface area contributed by atoms with Crippen molar-refractivity contribution in [3.63, 3.8) is 0 Å². The van der Waals surface area contributed by atoms with Crippen LogP contribution < -0.4 is 10.9 Å². The molecule has 1 aromatic heterocycles. The molecule has 1 N–H and O–H groups in total. The average Bonchev–Trinajstić information content (AvgIpc) is 2.30. The molecule has 1 unspecified atom stereocenters. The maximum atomic E-state index is 11.9. The van der Waals surface area contributed by atoms with Crippen molar-refractivity contribution in [3.8, 4) is 0 Å². The van der Waals surface area contributed by atoms with Gasteiger partial charge in [0.15, 0.2) is 0 Å². The molecule has 0 spiro atoms. The minimum Gasteiger partial charge on any atom is -0.352 e. The van der Waals surface area contributed by atoms with E-state index in [0.29, 0.717) is 9.26 Å². The molecule has 1 rings (SSSR count). The number of halogens is 1. The molecule has 100 valence electrons. The van der Waals surface area contributed by atoms with E-state index >= 15 is 0 Å². The summed E-state index contributed by atoms with van der Waals surface area (Å²) in [6, 6.07) is 0.135. The summed E-state index contributed by atoms with van der Waals surface area (Å²) in [5, 5.41) is 2.86. The Balaban J connectivity index is 2.71. The van der Waals surface area contributed by atoms with Gasteiger partial charge in [-0.1, -0.05) is 13.3 Å².